The molecular weight excluding hydrogens is 318 g/mol. The maximum absolute atomic E-state index is 12.4. The van der Waals surface area contributed by atoms with E-state index in [0.29, 0.717) is 12.2 Å². The summed E-state index contributed by atoms with van der Waals surface area (Å²) >= 11 is 3.41. The van der Waals surface area contributed by atoms with Gasteiger partial charge in [-0.25, -0.2) is 0 Å². The molecule has 0 atom stereocenters. The number of benzene rings is 1. The summed E-state index contributed by atoms with van der Waals surface area (Å²) in [6, 6.07) is 9.40. The summed E-state index contributed by atoms with van der Waals surface area (Å²) in [6.07, 6.45) is 2.90. The van der Waals surface area contributed by atoms with Crippen molar-refractivity contribution in [1.82, 2.24) is 4.57 Å². The molecule has 0 radical (unpaired) electrons. The third kappa shape index (κ3) is 3.29. The van der Waals surface area contributed by atoms with Gasteiger partial charge in [0.25, 0.3) is 5.91 Å². The second kappa shape index (κ2) is 6.72. The Morgan fingerprint density at radius 1 is 1.40 bits per heavy atom. The van der Waals surface area contributed by atoms with Crippen LogP contribution in [0, 0.1) is 0 Å². The predicted octanol–water partition coefficient (Wildman–Crippen LogP) is 3.37. The summed E-state index contributed by atoms with van der Waals surface area (Å²) in [6.45, 7) is 3.29. The van der Waals surface area contributed by atoms with Gasteiger partial charge in [-0.3, -0.25) is 4.79 Å². The predicted molar refractivity (Wildman–Crippen MR) is 84.7 cm³/mol. The topological polar surface area (TPSA) is 60.0 Å². The number of carbonyl (C=O) groups is 1. The number of amides is 1. The molecule has 1 heterocycles. The van der Waals surface area contributed by atoms with Crippen LogP contribution in [-0.4, -0.2) is 10.5 Å². The molecule has 0 aliphatic carbocycles. The van der Waals surface area contributed by atoms with E-state index in [0.717, 1.165) is 28.7 Å². The molecule has 20 heavy (non-hydrogen) atoms. The summed E-state index contributed by atoms with van der Waals surface area (Å²) in [5.74, 6) is -0.120. The molecule has 1 amide bonds. The van der Waals surface area contributed by atoms with Crippen molar-refractivity contribution < 1.29 is 4.79 Å². The average Bonchev–Trinajstić information content (AvgIpc) is 2.81. The summed E-state index contributed by atoms with van der Waals surface area (Å²) in [5.41, 5.74) is 8.02. The number of para-hydroxylation sites is 1. The first-order chi connectivity index (χ1) is 9.65. The Morgan fingerprint density at radius 3 is 2.85 bits per heavy atom. The van der Waals surface area contributed by atoms with Crippen LogP contribution in [0.1, 0.15) is 29.4 Å². The van der Waals surface area contributed by atoms with E-state index in [-0.39, 0.29) is 5.91 Å². The van der Waals surface area contributed by atoms with Crippen molar-refractivity contribution in [2.75, 3.05) is 5.32 Å². The Kier molecular flexibility index (Phi) is 4.98. The second-order valence-corrected chi connectivity index (χ2v) is 5.47. The lowest BCUT2D eigenvalue weighted by Crippen LogP contribution is -2.18. The Balaban J connectivity index is 2.24. The molecule has 2 aromatic rings. The number of nitrogens with two attached hydrogens (primary N) is 1. The fourth-order valence-corrected chi connectivity index (χ4v) is 2.56. The molecule has 0 fully saturated rings. The van der Waals surface area contributed by atoms with E-state index in [9.17, 15) is 4.79 Å². The third-order valence-corrected chi connectivity index (χ3v) is 3.48. The van der Waals surface area contributed by atoms with Gasteiger partial charge < -0.3 is 15.6 Å². The van der Waals surface area contributed by atoms with Gasteiger partial charge in [0.05, 0.1) is 0 Å². The summed E-state index contributed by atoms with van der Waals surface area (Å²) in [5, 5.41) is 2.93. The number of hydrogen-bond donors (Lipinski definition) is 2. The maximum atomic E-state index is 12.4. The lowest BCUT2D eigenvalue weighted by molar-refractivity contribution is 0.101. The molecule has 0 aliphatic rings. The number of halogens is 1. The molecule has 0 unspecified atom stereocenters. The first-order valence-electron chi connectivity index (χ1n) is 6.60. The van der Waals surface area contributed by atoms with Gasteiger partial charge in [0.15, 0.2) is 0 Å². The smallest absolute Gasteiger partial charge is 0.272 e. The number of aryl methyl sites for hydroxylation is 1. The molecule has 2 rings (SSSR count). The number of carbonyl (C=O) groups excluding carboxylic acids is 1. The van der Waals surface area contributed by atoms with Gasteiger partial charge >= 0.3 is 0 Å². The summed E-state index contributed by atoms with van der Waals surface area (Å²) in [7, 11) is 0. The van der Waals surface area contributed by atoms with Gasteiger partial charge in [0, 0.05) is 29.4 Å². The van der Waals surface area contributed by atoms with Crippen molar-refractivity contribution in [3.63, 3.8) is 0 Å². The van der Waals surface area contributed by atoms with Crippen LogP contribution in [0.4, 0.5) is 5.69 Å². The lowest BCUT2D eigenvalue weighted by Gasteiger charge is -2.11. The van der Waals surface area contributed by atoms with Gasteiger partial charge in [-0.2, -0.15) is 0 Å². The highest BCUT2D eigenvalue weighted by Crippen LogP contribution is 2.19. The minimum Gasteiger partial charge on any atom is -0.342 e. The monoisotopic (exact) mass is 335 g/mol. The van der Waals surface area contributed by atoms with E-state index >= 15 is 0 Å². The molecule has 0 aliphatic heterocycles. The first-order valence-corrected chi connectivity index (χ1v) is 7.40. The van der Waals surface area contributed by atoms with E-state index in [1.54, 1.807) is 0 Å². The fraction of sp³-hybridized carbons (Fsp3) is 0.267. The van der Waals surface area contributed by atoms with Crippen LogP contribution >= 0.6 is 15.9 Å². The number of nitrogens with one attached hydrogen (secondary N) is 1. The summed E-state index contributed by atoms with van der Waals surface area (Å²) < 4.78 is 2.85. The van der Waals surface area contributed by atoms with Crippen molar-refractivity contribution in [2.24, 2.45) is 5.73 Å². The molecule has 4 nitrogen and oxygen atoms in total. The Labute approximate surface area is 127 Å². The molecule has 0 bridgehead atoms. The van der Waals surface area contributed by atoms with E-state index in [1.165, 1.54) is 0 Å². The standard InChI is InChI=1S/C15H18BrN3O/c1-2-7-19-10-12(16)8-14(19)15(20)18-13-6-4-3-5-11(13)9-17/h3-6,8,10H,2,7,9,17H2,1H3,(H,18,20). The van der Waals surface area contributed by atoms with Gasteiger partial charge in [-0.15, -0.1) is 0 Å². The highest BCUT2D eigenvalue weighted by molar-refractivity contribution is 9.10. The normalized spacial score (nSPS) is 10.6. The van der Waals surface area contributed by atoms with Gasteiger partial charge in [0.1, 0.15) is 5.69 Å². The van der Waals surface area contributed by atoms with E-state index in [4.69, 9.17) is 5.73 Å². The average molecular weight is 336 g/mol. The van der Waals surface area contributed by atoms with Crippen LogP contribution in [0.15, 0.2) is 41.0 Å². The van der Waals surface area contributed by atoms with Crippen molar-refractivity contribution in [1.29, 1.82) is 0 Å². The minimum absolute atomic E-state index is 0.120. The molecular formula is C15H18BrN3O. The van der Waals surface area contributed by atoms with Crippen LogP contribution < -0.4 is 11.1 Å². The van der Waals surface area contributed by atoms with Crippen LogP contribution in [0.3, 0.4) is 0 Å². The zero-order valence-electron chi connectivity index (χ0n) is 11.4. The molecule has 0 saturated heterocycles. The van der Waals surface area contributed by atoms with E-state index in [2.05, 4.69) is 28.2 Å². The van der Waals surface area contributed by atoms with Crippen molar-refractivity contribution in [3.8, 4) is 0 Å². The Morgan fingerprint density at radius 2 is 2.15 bits per heavy atom. The van der Waals surface area contributed by atoms with Crippen molar-refractivity contribution in [2.45, 2.75) is 26.4 Å². The fourth-order valence-electron chi connectivity index (χ4n) is 2.10. The highest BCUT2D eigenvalue weighted by Gasteiger charge is 2.14. The first kappa shape index (κ1) is 14.8. The van der Waals surface area contributed by atoms with Crippen LogP contribution in [0.2, 0.25) is 0 Å². The molecule has 0 spiro atoms. The second-order valence-electron chi connectivity index (χ2n) is 4.55. The number of anilines is 1. The Hall–Kier alpha value is -1.59. The molecule has 5 heteroatoms. The minimum atomic E-state index is -0.120. The molecule has 0 saturated carbocycles. The van der Waals surface area contributed by atoms with Gasteiger partial charge in [-0.05, 0) is 40.0 Å². The van der Waals surface area contributed by atoms with E-state index < -0.39 is 0 Å². The van der Waals surface area contributed by atoms with Crippen molar-refractivity contribution in [3.05, 3.63) is 52.3 Å². The quantitative estimate of drug-likeness (QED) is 0.879. The lowest BCUT2D eigenvalue weighted by atomic mass is 10.2. The number of aromatic nitrogens is 1. The van der Waals surface area contributed by atoms with E-state index in [1.807, 2.05) is 41.1 Å². The van der Waals surface area contributed by atoms with Gasteiger partial charge in [0.2, 0.25) is 0 Å². The van der Waals surface area contributed by atoms with Gasteiger partial charge in [-0.1, -0.05) is 25.1 Å². The zero-order chi connectivity index (χ0) is 14.5. The van der Waals surface area contributed by atoms with Crippen molar-refractivity contribution >= 4 is 27.5 Å². The number of hydrogen-bond acceptors (Lipinski definition) is 2. The molecule has 106 valence electrons. The molecule has 1 aromatic carbocycles. The molecule has 1 aromatic heterocycles. The maximum Gasteiger partial charge on any atom is 0.272 e. The van der Waals surface area contributed by atoms with Crippen LogP contribution in [-0.2, 0) is 13.1 Å². The third-order valence-electron chi connectivity index (χ3n) is 3.05. The Bertz CT molecular complexity index is 607. The largest absolute Gasteiger partial charge is 0.342 e. The highest BCUT2D eigenvalue weighted by atomic mass is 79.9. The summed E-state index contributed by atoms with van der Waals surface area (Å²) in [4.78, 5) is 12.4. The SMILES string of the molecule is CCCn1cc(Br)cc1C(=O)Nc1ccccc1CN. The zero-order valence-corrected chi connectivity index (χ0v) is 13.0. The van der Waals surface area contributed by atoms with Crippen LogP contribution in [0.5, 0.6) is 0 Å². The van der Waals surface area contributed by atoms with Crippen LogP contribution in [0.25, 0.3) is 0 Å². The molecule has 3 N–H and O–H groups in total. The number of rotatable bonds is 5. The number of nitrogens with zero attached hydrogens (tertiary/aromatic N) is 1.